The van der Waals surface area contributed by atoms with E-state index < -0.39 is 12.5 Å². The van der Waals surface area contributed by atoms with E-state index in [0.29, 0.717) is 11.1 Å². The summed E-state index contributed by atoms with van der Waals surface area (Å²) >= 11 is 0. The number of allylic oxidation sites excluding steroid dienone is 3. The van der Waals surface area contributed by atoms with Gasteiger partial charge < -0.3 is 5.73 Å². The van der Waals surface area contributed by atoms with Gasteiger partial charge in [-0.25, -0.2) is 18.8 Å². The Bertz CT molecular complexity index is 745. The first kappa shape index (κ1) is 17.7. The van der Waals surface area contributed by atoms with Crippen LogP contribution in [0.25, 0.3) is 11.3 Å². The minimum absolute atomic E-state index is 0.0412. The minimum atomic E-state index is -2.85. The molecule has 2 rings (SSSR count). The molecule has 0 atom stereocenters. The van der Waals surface area contributed by atoms with Crippen LogP contribution in [0.15, 0.2) is 29.3 Å². The van der Waals surface area contributed by atoms with Crippen molar-refractivity contribution >= 4 is 17.5 Å². The predicted molar refractivity (Wildman–Crippen MR) is 82.4 cm³/mol. The Morgan fingerprint density at radius 3 is 2.75 bits per heavy atom. The highest BCUT2D eigenvalue weighted by Gasteiger charge is 2.31. The van der Waals surface area contributed by atoms with Gasteiger partial charge in [-0.15, -0.1) is 0 Å². The summed E-state index contributed by atoms with van der Waals surface area (Å²) in [6, 6.07) is 4.89. The lowest BCUT2D eigenvalue weighted by Crippen LogP contribution is -2.18. The van der Waals surface area contributed by atoms with Gasteiger partial charge in [0.15, 0.2) is 0 Å². The van der Waals surface area contributed by atoms with Gasteiger partial charge in [-0.2, -0.15) is 14.0 Å². The molecule has 1 aliphatic carbocycles. The normalized spacial score (nSPS) is 17.8. The zero-order chi connectivity index (χ0) is 17.7. The molecule has 8 heteroatoms. The molecule has 0 saturated carbocycles. The van der Waals surface area contributed by atoms with Crippen LogP contribution in [-0.4, -0.2) is 23.7 Å². The number of nitrogens with two attached hydrogens (primary N) is 1. The lowest BCUT2D eigenvalue weighted by Gasteiger charge is -2.21. The number of aromatic nitrogens is 1. The van der Waals surface area contributed by atoms with E-state index in [0.717, 1.165) is 12.3 Å². The van der Waals surface area contributed by atoms with Crippen molar-refractivity contribution in [2.75, 3.05) is 0 Å². The number of hydrogen-bond donors (Lipinski definition) is 1. The first-order valence-corrected chi connectivity index (χ1v) is 7.07. The number of hydrogen-bond acceptors (Lipinski definition) is 4. The molecule has 0 aromatic carbocycles. The second kappa shape index (κ2) is 7.25. The van der Waals surface area contributed by atoms with Crippen LogP contribution < -0.4 is 5.73 Å². The Hall–Kier alpha value is -2.69. The zero-order valence-electron chi connectivity index (χ0n) is 12.5. The van der Waals surface area contributed by atoms with E-state index >= 15 is 0 Å². The highest BCUT2D eigenvalue weighted by Crippen LogP contribution is 2.36. The summed E-state index contributed by atoms with van der Waals surface area (Å²) < 4.78 is 50.4. The lowest BCUT2D eigenvalue weighted by molar-refractivity contribution is -0.00603. The summed E-state index contributed by atoms with van der Waals surface area (Å²) in [7, 11) is 0. The fourth-order valence-corrected chi connectivity index (χ4v) is 2.25. The molecule has 0 unspecified atom stereocenters. The van der Waals surface area contributed by atoms with Crippen molar-refractivity contribution in [3.05, 3.63) is 41.2 Å². The first-order valence-electron chi connectivity index (χ1n) is 7.07. The summed E-state index contributed by atoms with van der Waals surface area (Å²) in [6.45, 7) is -2.85. The van der Waals surface area contributed by atoms with E-state index in [2.05, 4.69) is 9.98 Å². The molecule has 0 bridgehead atoms. The molecule has 126 valence electrons. The number of pyridine rings is 1. The van der Waals surface area contributed by atoms with Gasteiger partial charge >= 0.3 is 6.55 Å². The Balaban J connectivity index is 2.35. The maximum Gasteiger partial charge on any atom is 0.331 e. The molecule has 1 aromatic rings. The summed E-state index contributed by atoms with van der Waals surface area (Å²) in [5.41, 5.74) is 7.30. The lowest BCUT2D eigenvalue weighted by atomic mass is 9.91. The largest absolute Gasteiger partial charge is 0.397 e. The Kier molecular flexibility index (Phi) is 5.34. The van der Waals surface area contributed by atoms with Gasteiger partial charge in [0.1, 0.15) is 11.8 Å². The number of aliphatic imine (C=N–C) groups is 1. The van der Waals surface area contributed by atoms with Crippen LogP contribution >= 0.6 is 0 Å². The molecule has 0 radical (unpaired) electrons. The Labute approximate surface area is 136 Å². The van der Waals surface area contributed by atoms with Crippen LogP contribution in [0.1, 0.15) is 36.2 Å². The molecule has 0 fully saturated rings. The molecule has 1 aromatic heterocycles. The van der Waals surface area contributed by atoms with Gasteiger partial charge in [-0.1, -0.05) is 6.08 Å². The smallest absolute Gasteiger partial charge is 0.331 e. The number of rotatable bonds is 4. The minimum Gasteiger partial charge on any atom is -0.397 e. The molecule has 1 aliphatic rings. The van der Waals surface area contributed by atoms with E-state index in [1.165, 1.54) is 18.2 Å². The van der Waals surface area contributed by atoms with Crippen LogP contribution in [0.5, 0.6) is 0 Å². The van der Waals surface area contributed by atoms with Crippen molar-refractivity contribution in [1.29, 1.82) is 5.26 Å². The van der Waals surface area contributed by atoms with Gasteiger partial charge in [0.25, 0.3) is 5.92 Å². The molecule has 24 heavy (non-hydrogen) atoms. The second-order valence-electron chi connectivity index (χ2n) is 5.23. The Morgan fingerprint density at radius 1 is 1.42 bits per heavy atom. The molecule has 2 N–H and O–H groups in total. The molecule has 0 spiro atoms. The predicted octanol–water partition coefficient (Wildman–Crippen LogP) is 3.75. The van der Waals surface area contributed by atoms with E-state index in [-0.39, 0.29) is 36.3 Å². The van der Waals surface area contributed by atoms with Crippen molar-refractivity contribution < 1.29 is 17.6 Å². The van der Waals surface area contributed by atoms with E-state index in [1.807, 2.05) is 6.07 Å². The average Bonchev–Trinajstić information content (AvgIpc) is 2.53. The van der Waals surface area contributed by atoms with Crippen molar-refractivity contribution in [2.45, 2.75) is 31.7 Å². The highest BCUT2D eigenvalue weighted by molar-refractivity contribution is 5.83. The van der Waals surface area contributed by atoms with Crippen molar-refractivity contribution in [2.24, 2.45) is 10.7 Å². The molecule has 1 heterocycles. The molecule has 4 nitrogen and oxygen atoms in total. The number of nitrogens with zero attached hydrogens (tertiary/aromatic N) is 3. The monoisotopic (exact) mass is 338 g/mol. The van der Waals surface area contributed by atoms with E-state index in [9.17, 15) is 17.6 Å². The van der Waals surface area contributed by atoms with Gasteiger partial charge in [0.2, 0.25) is 0 Å². The van der Waals surface area contributed by atoms with Gasteiger partial charge in [-0.05, 0) is 35.8 Å². The molecule has 0 aliphatic heterocycles. The van der Waals surface area contributed by atoms with Gasteiger partial charge in [0, 0.05) is 19.1 Å². The third-order valence-corrected chi connectivity index (χ3v) is 3.47. The first-order chi connectivity index (χ1) is 11.3. The molecule has 0 amide bonds. The maximum absolute atomic E-state index is 13.2. The molecule has 0 saturated heterocycles. The van der Waals surface area contributed by atoms with E-state index in [4.69, 9.17) is 11.0 Å². The van der Waals surface area contributed by atoms with Crippen LogP contribution in [0.4, 0.5) is 17.6 Å². The van der Waals surface area contributed by atoms with Crippen LogP contribution in [-0.2, 0) is 0 Å². The highest BCUT2D eigenvalue weighted by atomic mass is 19.3. The third-order valence-electron chi connectivity index (χ3n) is 3.47. The fourth-order valence-electron chi connectivity index (χ4n) is 2.25. The zero-order valence-corrected chi connectivity index (χ0v) is 12.5. The number of nitriles is 1. The SMILES string of the molecule is N#Cc1cc(C2=CCC(F)(F)CC2)cc(/C(N)=C/C=N/C(F)F)n1. The average molecular weight is 338 g/mol. The quantitative estimate of drug-likeness (QED) is 0.516. The van der Waals surface area contributed by atoms with E-state index in [1.54, 1.807) is 0 Å². The van der Waals surface area contributed by atoms with Gasteiger partial charge in [0.05, 0.1) is 11.4 Å². The second-order valence-corrected chi connectivity index (χ2v) is 5.23. The topological polar surface area (TPSA) is 75.1 Å². The van der Waals surface area contributed by atoms with Crippen LogP contribution in [0, 0.1) is 11.3 Å². The summed E-state index contributed by atoms with van der Waals surface area (Å²) in [6.07, 6.45) is 2.95. The van der Waals surface area contributed by atoms with Crippen molar-refractivity contribution in [3.63, 3.8) is 0 Å². The maximum atomic E-state index is 13.2. The summed E-state index contributed by atoms with van der Waals surface area (Å²) in [5.74, 6) is -2.72. The molecular formula is C16H14F4N4. The standard InChI is InChI=1S/C16H14F4N4/c17-15(18)23-6-3-13(22)14-8-11(7-12(9-21)24-14)10-1-4-16(19,20)5-2-10/h1,3,6-8,15H,2,4-5,22H2/b13-3-,23-6+. The third kappa shape index (κ3) is 4.65. The van der Waals surface area contributed by atoms with Crippen molar-refractivity contribution in [1.82, 2.24) is 4.98 Å². The fraction of sp³-hybridized carbons (Fsp3) is 0.312. The Morgan fingerprint density at radius 2 is 2.17 bits per heavy atom. The summed E-state index contributed by atoms with van der Waals surface area (Å²) in [4.78, 5) is 6.85. The summed E-state index contributed by atoms with van der Waals surface area (Å²) in [5, 5.41) is 9.06. The number of halogens is 4. The molecular weight excluding hydrogens is 324 g/mol. The van der Waals surface area contributed by atoms with Crippen LogP contribution in [0.3, 0.4) is 0 Å². The van der Waals surface area contributed by atoms with Crippen molar-refractivity contribution in [3.8, 4) is 6.07 Å². The number of alkyl halides is 4. The van der Waals surface area contributed by atoms with Gasteiger partial charge in [-0.3, -0.25) is 0 Å². The van der Waals surface area contributed by atoms with Crippen LogP contribution in [0.2, 0.25) is 0 Å².